The summed E-state index contributed by atoms with van der Waals surface area (Å²) in [6, 6.07) is 13.2. The van der Waals surface area contributed by atoms with Crippen LogP contribution in [0.4, 0.5) is 0 Å². The van der Waals surface area contributed by atoms with E-state index in [-0.39, 0.29) is 11.8 Å². The Balaban J connectivity index is 1.32. The zero-order valence-electron chi connectivity index (χ0n) is 13.5. The van der Waals surface area contributed by atoms with E-state index in [0.717, 1.165) is 18.6 Å². The fourth-order valence-electron chi connectivity index (χ4n) is 3.49. The predicted molar refractivity (Wildman–Crippen MR) is 90.4 cm³/mol. The second kappa shape index (κ2) is 6.11. The number of aryl methyl sites for hydroxylation is 2. The Morgan fingerprint density at radius 3 is 2.38 bits per heavy atom. The van der Waals surface area contributed by atoms with Gasteiger partial charge >= 0.3 is 0 Å². The van der Waals surface area contributed by atoms with Crippen molar-refractivity contribution in [2.45, 2.75) is 25.7 Å². The maximum Gasteiger partial charge on any atom is 0.261 e. The SMILES string of the molecule is O=C1c2ccccc2C(=O)N1CCCOc1ccc2c(c1)CCC2. The highest BCUT2D eigenvalue weighted by Crippen LogP contribution is 2.26. The van der Waals surface area contributed by atoms with Gasteiger partial charge in [0.15, 0.2) is 0 Å². The van der Waals surface area contributed by atoms with Gasteiger partial charge in [-0.3, -0.25) is 14.5 Å². The third-order valence-electron chi connectivity index (χ3n) is 4.74. The predicted octanol–water partition coefficient (Wildman–Crippen LogP) is 3.24. The fraction of sp³-hybridized carbons (Fsp3) is 0.300. The molecule has 1 aliphatic heterocycles. The number of amides is 2. The number of ether oxygens (including phenoxy) is 1. The van der Waals surface area contributed by atoms with E-state index in [1.807, 2.05) is 6.07 Å². The van der Waals surface area contributed by atoms with Gasteiger partial charge in [-0.05, 0) is 61.1 Å². The van der Waals surface area contributed by atoms with E-state index >= 15 is 0 Å². The summed E-state index contributed by atoms with van der Waals surface area (Å²) in [5.74, 6) is 0.472. The zero-order valence-corrected chi connectivity index (χ0v) is 13.5. The molecule has 2 aromatic rings. The summed E-state index contributed by atoms with van der Waals surface area (Å²) in [5.41, 5.74) is 3.81. The summed E-state index contributed by atoms with van der Waals surface area (Å²) in [4.78, 5) is 25.8. The standard InChI is InChI=1S/C20H19NO3/c22-19-17-7-1-2-8-18(17)20(23)21(19)11-4-12-24-16-10-9-14-5-3-6-15(14)13-16/h1-2,7-10,13H,3-6,11-12H2. The number of carbonyl (C=O) groups excluding carboxylic acids is 2. The molecule has 0 unspecified atom stereocenters. The third-order valence-corrected chi connectivity index (χ3v) is 4.74. The van der Waals surface area contributed by atoms with Crippen LogP contribution in [0.5, 0.6) is 5.75 Å². The first kappa shape index (κ1) is 14.9. The summed E-state index contributed by atoms with van der Waals surface area (Å²) < 4.78 is 5.79. The summed E-state index contributed by atoms with van der Waals surface area (Å²) in [5, 5.41) is 0. The van der Waals surface area contributed by atoms with E-state index < -0.39 is 0 Å². The molecule has 2 aliphatic rings. The summed E-state index contributed by atoms with van der Waals surface area (Å²) >= 11 is 0. The van der Waals surface area contributed by atoms with Crippen molar-refractivity contribution in [2.24, 2.45) is 0 Å². The van der Waals surface area contributed by atoms with E-state index in [1.54, 1.807) is 24.3 Å². The number of imide groups is 1. The summed E-state index contributed by atoms with van der Waals surface area (Å²) in [6.07, 6.45) is 4.14. The molecule has 24 heavy (non-hydrogen) atoms. The Bertz CT molecular complexity index is 777. The molecule has 0 saturated carbocycles. The summed E-state index contributed by atoms with van der Waals surface area (Å²) in [6.45, 7) is 0.878. The highest BCUT2D eigenvalue weighted by atomic mass is 16.5. The monoisotopic (exact) mass is 321 g/mol. The lowest BCUT2D eigenvalue weighted by Gasteiger charge is -2.14. The molecule has 0 atom stereocenters. The van der Waals surface area contributed by atoms with Crippen LogP contribution in [0.15, 0.2) is 42.5 Å². The van der Waals surface area contributed by atoms with Crippen molar-refractivity contribution in [2.75, 3.05) is 13.2 Å². The lowest BCUT2D eigenvalue weighted by molar-refractivity contribution is 0.0647. The second-order valence-electron chi connectivity index (χ2n) is 6.29. The molecule has 0 saturated heterocycles. The molecule has 4 rings (SSSR count). The number of rotatable bonds is 5. The first-order chi connectivity index (χ1) is 11.7. The van der Waals surface area contributed by atoms with Gasteiger partial charge in [0.1, 0.15) is 5.75 Å². The second-order valence-corrected chi connectivity index (χ2v) is 6.29. The van der Waals surface area contributed by atoms with Crippen LogP contribution in [0.25, 0.3) is 0 Å². The van der Waals surface area contributed by atoms with E-state index in [9.17, 15) is 9.59 Å². The molecule has 0 spiro atoms. The van der Waals surface area contributed by atoms with Gasteiger partial charge in [0.05, 0.1) is 17.7 Å². The first-order valence-corrected chi connectivity index (χ1v) is 8.44. The van der Waals surface area contributed by atoms with Crippen molar-refractivity contribution < 1.29 is 14.3 Å². The lowest BCUT2D eigenvalue weighted by Crippen LogP contribution is -2.31. The maximum atomic E-state index is 12.3. The molecule has 0 radical (unpaired) electrons. The molecule has 1 aliphatic carbocycles. The molecule has 122 valence electrons. The minimum atomic E-state index is -0.201. The number of carbonyl (C=O) groups is 2. The van der Waals surface area contributed by atoms with E-state index in [2.05, 4.69) is 12.1 Å². The molecule has 2 amide bonds. The fourth-order valence-corrected chi connectivity index (χ4v) is 3.49. The van der Waals surface area contributed by atoms with E-state index in [1.165, 1.54) is 22.4 Å². The molecule has 2 aromatic carbocycles. The van der Waals surface area contributed by atoms with Gasteiger partial charge in [0, 0.05) is 6.54 Å². The van der Waals surface area contributed by atoms with Gasteiger partial charge in [-0.2, -0.15) is 0 Å². The average molecular weight is 321 g/mol. The molecule has 4 nitrogen and oxygen atoms in total. The van der Waals surface area contributed by atoms with Crippen LogP contribution in [0.1, 0.15) is 44.7 Å². The molecule has 1 heterocycles. The zero-order chi connectivity index (χ0) is 16.5. The van der Waals surface area contributed by atoms with Gasteiger partial charge in [0.25, 0.3) is 11.8 Å². The normalized spacial score (nSPS) is 15.6. The van der Waals surface area contributed by atoms with Crippen LogP contribution in [0.2, 0.25) is 0 Å². The number of fused-ring (bicyclic) bond motifs is 2. The van der Waals surface area contributed by atoms with Gasteiger partial charge < -0.3 is 4.74 Å². The van der Waals surface area contributed by atoms with Crippen molar-refractivity contribution >= 4 is 11.8 Å². The van der Waals surface area contributed by atoms with Crippen LogP contribution in [0.3, 0.4) is 0 Å². The van der Waals surface area contributed by atoms with Crippen LogP contribution >= 0.6 is 0 Å². The van der Waals surface area contributed by atoms with Gasteiger partial charge in [-0.25, -0.2) is 0 Å². The van der Waals surface area contributed by atoms with Crippen LogP contribution in [-0.2, 0) is 12.8 Å². The van der Waals surface area contributed by atoms with Gasteiger partial charge in [-0.1, -0.05) is 18.2 Å². The molecule has 0 bridgehead atoms. The van der Waals surface area contributed by atoms with E-state index in [0.29, 0.717) is 30.7 Å². The van der Waals surface area contributed by atoms with Crippen LogP contribution in [0, 0.1) is 0 Å². The number of benzene rings is 2. The van der Waals surface area contributed by atoms with Crippen molar-refractivity contribution in [1.82, 2.24) is 4.90 Å². The van der Waals surface area contributed by atoms with Crippen molar-refractivity contribution in [3.8, 4) is 5.75 Å². The molecular weight excluding hydrogens is 302 g/mol. The Morgan fingerprint density at radius 2 is 1.62 bits per heavy atom. The molecule has 4 heteroatoms. The lowest BCUT2D eigenvalue weighted by atomic mass is 10.1. The average Bonchev–Trinajstić information content (AvgIpc) is 3.16. The molecule has 0 N–H and O–H groups in total. The highest BCUT2D eigenvalue weighted by Gasteiger charge is 2.34. The van der Waals surface area contributed by atoms with Crippen molar-refractivity contribution in [1.29, 1.82) is 0 Å². The topological polar surface area (TPSA) is 46.6 Å². The highest BCUT2D eigenvalue weighted by molar-refractivity contribution is 6.21. The third kappa shape index (κ3) is 2.58. The summed E-state index contributed by atoms with van der Waals surface area (Å²) in [7, 11) is 0. The minimum Gasteiger partial charge on any atom is -0.494 e. The first-order valence-electron chi connectivity index (χ1n) is 8.44. The molecule has 0 fully saturated rings. The van der Waals surface area contributed by atoms with Crippen LogP contribution < -0.4 is 4.74 Å². The molecule has 0 aromatic heterocycles. The maximum absolute atomic E-state index is 12.3. The smallest absolute Gasteiger partial charge is 0.261 e. The quantitative estimate of drug-likeness (QED) is 0.627. The Hall–Kier alpha value is -2.62. The van der Waals surface area contributed by atoms with E-state index in [4.69, 9.17) is 4.74 Å². The van der Waals surface area contributed by atoms with Crippen molar-refractivity contribution in [3.05, 3.63) is 64.7 Å². The van der Waals surface area contributed by atoms with Crippen LogP contribution in [-0.4, -0.2) is 29.9 Å². The number of hydrogen-bond donors (Lipinski definition) is 0. The molecular formula is C20H19NO3. The van der Waals surface area contributed by atoms with Gasteiger partial charge in [-0.15, -0.1) is 0 Å². The number of hydrogen-bond acceptors (Lipinski definition) is 3. The van der Waals surface area contributed by atoms with Gasteiger partial charge in [0.2, 0.25) is 0 Å². The Kier molecular flexibility index (Phi) is 3.81. The number of nitrogens with zero attached hydrogens (tertiary/aromatic N) is 1. The Morgan fingerprint density at radius 1 is 0.917 bits per heavy atom. The minimum absolute atomic E-state index is 0.201. The Labute approximate surface area is 141 Å². The van der Waals surface area contributed by atoms with Crippen molar-refractivity contribution in [3.63, 3.8) is 0 Å². The largest absolute Gasteiger partial charge is 0.494 e.